The summed E-state index contributed by atoms with van der Waals surface area (Å²) in [5, 5.41) is 11.3. The summed E-state index contributed by atoms with van der Waals surface area (Å²) < 4.78 is 7.20. The van der Waals surface area contributed by atoms with Crippen molar-refractivity contribution in [1.82, 2.24) is 30.2 Å². The Morgan fingerprint density at radius 3 is 2.97 bits per heavy atom. The number of nitrogens with zero attached hydrogens (tertiary/aromatic N) is 6. The van der Waals surface area contributed by atoms with E-state index in [1.807, 2.05) is 37.4 Å². The van der Waals surface area contributed by atoms with Crippen molar-refractivity contribution in [2.75, 3.05) is 24.5 Å². The number of amides is 1. The van der Waals surface area contributed by atoms with Crippen molar-refractivity contribution < 1.29 is 9.32 Å². The zero-order valence-electron chi connectivity index (χ0n) is 16.9. The maximum atomic E-state index is 12.7. The number of rotatable bonds is 6. The molecule has 156 valence electrons. The molecule has 1 aromatic carbocycles. The number of hydrogen-bond donors (Lipinski definition) is 1. The normalized spacial score (nSPS) is 23.0. The topological polar surface area (TPSA) is 102 Å². The minimum atomic E-state index is 0.0535. The number of benzene rings is 1. The van der Waals surface area contributed by atoms with E-state index in [0.29, 0.717) is 36.6 Å². The zero-order chi connectivity index (χ0) is 20.5. The molecule has 1 N–H and O–H groups in total. The third-order valence-corrected chi connectivity index (χ3v) is 6.39. The maximum Gasteiger partial charge on any atom is 0.266 e. The van der Waals surface area contributed by atoms with E-state index < -0.39 is 0 Å². The number of carbonyl (C=O) groups is 1. The summed E-state index contributed by atoms with van der Waals surface area (Å²) in [4.78, 5) is 23.6. The number of nitrogens with one attached hydrogen (secondary N) is 1. The lowest BCUT2D eigenvalue weighted by molar-refractivity contribution is -0.133. The van der Waals surface area contributed by atoms with Gasteiger partial charge in [-0.25, -0.2) is 4.98 Å². The second-order valence-corrected chi connectivity index (χ2v) is 8.11. The Balaban J connectivity index is 1.17. The number of carbonyl (C=O) groups excluding carboxylic acids is 1. The highest BCUT2D eigenvalue weighted by Crippen LogP contribution is 2.46. The molecule has 5 rings (SSSR count). The van der Waals surface area contributed by atoms with E-state index in [2.05, 4.69) is 30.4 Å². The van der Waals surface area contributed by atoms with Gasteiger partial charge >= 0.3 is 0 Å². The first kappa shape index (κ1) is 18.8. The molecule has 0 radical (unpaired) electrons. The van der Waals surface area contributed by atoms with Gasteiger partial charge in [-0.2, -0.15) is 10.1 Å². The molecule has 3 aromatic rings. The van der Waals surface area contributed by atoms with Gasteiger partial charge in [-0.05, 0) is 42.0 Å². The Kier molecular flexibility index (Phi) is 4.94. The molecule has 0 spiro atoms. The van der Waals surface area contributed by atoms with Crippen LogP contribution in [0.25, 0.3) is 11.5 Å². The molecule has 1 aliphatic heterocycles. The highest BCUT2D eigenvalue weighted by Gasteiger charge is 2.48. The first-order valence-electron chi connectivity index (χ1n) is 10.4. The van der Waals surface area contributed by atoms with Gasteiger partial charge in [0.15, 0.2) is 0 Å². The van der Waals surface area contributed by atoms with Gasteiger partial charge in [0, 0.05) is 44.6 Å². The molecule has 0 unspecified atom stereocenters. The second-order valence-electron chi connectivity index (χ2n) is 8.11. The van der Waals surface area contributed by atoms with Crippen LogP contribution in [0.15, 0.2) is 41.2 Å². The summed E-state index contributed by atoms with van der Waals surface area (Å²) in [7, 11) is 1.86. The van der Waals surface area contributed by atoms with Crippen LogP contribution in [0.4, 0.5) is 5.95 Å². The average Bonchev–Trinajstić information content (AvgIpc) is 3.39. The van der Waals surface area contributed by atoms with Gasteiger partial charge in [0.1, 0.15) is 12.2 Å². The third kappa shape index (κ3) is 3.55. The van der Waals surface area contributed by atoms with E-state index >= 15 is 0 Å². The molecule has 9 heteroatoms. The van der Waals surface area contributed by atoms with Crippen molar-refractivity contribution in [2.45, 2.75) is 19.3 Å². The summed E-state index contributed by atoms with van der Waals surface area (Å²) in [6.45, 7) is 2.27. The molecule has 3 atom stereocenters. The number of aromatic nitrogens is 5. The van der Waals surface area contributed by atoms with Crippen LogP contribution in [-0.2, 0) is 18.3 Å². The van der Waals surface area contributed by atoms with Crippen molar-refractivity contribution in [2.24, 2.45) is 24.8 Å². The van der Waals surface area contributed by atoms with Gasteiger partial charge in [-0.15, -0.1) is 0 Å². The Bertz CT molecular complexity index is 1020. The third-order valence-electron chi connectivity index (χ3n) is 6.39. The van der Waals surface area contributed by atoms with Crippen LogP contribution >= 0.6 is 0 Å². The van der Waals surface area contributed by atoms with E-state index in [0.717, 1.165) is 37.3 Å². The second kappa shape index (κ2) is 7.89. The summed E-state index contributed by atoms with van der Waals surface area (Å²) in [5.41, 5.74) is 0.912. The molecule has 3 heterocycles. The van der Waals surface area contributed by atoms with E-state index in [1.54, 1.807) is 4.68 Å². The van der Waals surface area contributed by atoms with Crippen molar-refractivity contribution in [3.63, 3.8) is 0 Å². The van der Waals surface area contributed by atoms with Crippen LogP contribution in [0.2, 0.25) is 0 Å². The van der Waals surface area contributed by atoms with Crippen LogP contribution in [0, 0.1) is 17.8 Å². The largest absolute Gasteiger partial charge is 0.355 e. The summed E-state index contributed by atoms with van der Waals surface area (Å²) in [5.74, 6) is 3.15. The van der Waals surface area contributed by atoms with E-state index in [1.165, 1.54) is 6.33 Å². The molecular formula is C21H25N7O2. The lowest BCUT2D eigenvalue weighted by Crippen LogP contribution is -2.55. The lowest BCUT2D eigenvalue weighted by atomic mass is 9.61. The fraction of sp³-hybridized carbons (Fsp3) is 0.476. The number of anilines is 1. The molecule has 2 aromatic heterocycles. The molecule has 1 aliphatic carbocycles. The lowest BCUT2D eigenvalue weighted by Gasteiger charge is -2.49. The fourth-order valence-corrected chi connectivity index (χ4v) is 4.58. The van der Waals surface area contributed by atoms with Gasteiger partial charge in [0.25, 0.3) is 11.8 Å². The molecule has 30 heavy (non-hydrogen) atoms. The van der Waals surface area contributed by atoms with Crippen molar-refractivity contribution in [3.05, 3.63) is 42.5 Å². The molecule has 1 saturated heterocycles. The summed E-state index contributed by atoms with van der Waals surface area (Å²) >= 11 is 0. The number of piperidine rings is 1. The van der Waals surface area contributed by atoms with Crippen LogP contribution in [-0.4, -0.2) is 50.4 Å². The highest BCUT2D eigenvalue weighted by molar-refractivity contribution is 5.80. The quantitative estimate of drug-likeness (QED) is 0.663. The smallest absolute Gasteiger partial charge is 0.266 e. The van der Waals surface area contributed by atoms with Gasteiger partial charge in [-0.3, -0.25) is 9.48 Å². The number of aryl methyl sites for hydroxylation is 1. The first-order valence-corrected chi connectivity index (χ1v) is 10.4. The summed E-state index contributed by atoms with van der Waals surface area (Å²) in [6.07, 6.45) is 4.24. The predicted molar refractivity (Wildman–Crippen MR) is 109 cm³/mol. The predicted octanol–water partition coefficient (Wildman–Crippen LogP) is 1.69. The molecule has 9 nitrogen and oxygen atoms in total. The van der Waals surface area contributed by atoms with Gasteiger partial charge in [0.2, 0.25) is 5.91 Å². The van der Waals surface area contributed by atoms with Crippen LogP contribution < -0.4 is 10.2 Å². The van der Waals surface area contributed by atoms with Crippen molar-refractivity contribution in [1.29, 1.82) is 0 Å². The molecule has 2 aliphatic rings. The van der Waals surface area contributed by atoms with Crippen LogP contribution in [0.5, 0.6) is 0 Å². The Hall–Kier alpha value is -3.23. The molecule has 0 bridgehead atoms. The van der Waals surface area contributed by atoms with E-state index in [4.69, 9.17) is 4.52 Å². The van der Waals surface area contributed by atoms with Crippen molar-refractivity contribution >= 4 is 11.9 Å². The van der Waals surface area contributed by atoms with Crippen LogP contribution in [0.1, 0.15) is 18.7 Å². The fourth-order valence-electron chi connectivity index (χ4n) is 4.58. The highest BCUT2D eigenvalue weighted by atomic mass is 16.5. The average molecular weight is 407 g/mol. The van der Waals surface area contributed by atoms with Gasteiger partial charge < -0.3 is 14.7 Å². The standard InChI is InChI=1S/C21H25N7O2/c1-27-18(23-13-24-27)7-9-22-19(29)16-11-15-8-10-28(12-17(15)16)21-25-20(30-26-21)14-5-3-2-4-6-14/h2-6,13,15-17H,7-12H2,1H3,(H,22,29)/t15-,16-,17-/m1/s1. The Morgan fingerprint density at radius 1 is 1.30 bits per heavy atom. The Labute approximate surface area is 174 Å². The minimum absolute atomic E-state index is 0.0535. The summed E-state index contributed by atoms with van der Waals surface area (Å²) in [6, 6.07) is 9.77. The van der Waals surface area contributed by atoms with Gasteiger partial charge in [0.05, 0.1) is 0 Å². The van der Waals surface area contributed by atoms with E-state index in [9.17, 15) is 4.79 Å². The zero-order valence-corrected chi connectivity index (χ0v) is 16.9. The Morgan fingerprint density at radius 2 is 2.17 bits per heavy atom. The van der Waals surface area contributed by atoms with Gasteiger partial charge in [-0.1, -0.05) is 18.2 Å². The van der Waals surface area contributed by atoms with E-state index in [-0.39, 0.29) is 11.8 Å². The minimum Gasteiger partial charge on any atom is -0.355 e. The van der Waals surface area contributed by atoms with Crippen LogP contribution in [0.3, 0.4) is 0 Å². The number of fused-ring (bicyclic) bond motifs is 1. The molecule has 2 fully saturated rings. The SMILES string of the molecule is Cn1ncnc1CCNC(=O)[C@@H]1C[C@H]2CCN(c3noc(-c4ccccc4)n3)C[C@H]21. The van der Waals surface area contributed by atoms with Crippen molar-refractivity contribution in [3.8, 4) is 11.5 Å². The molecule has 1 saturated carbocycles. The first-order chi connectivity index (χ1) is 14.7. The monoisotopic (exact) mass is 407 g/mol. The molecular weight excluding hydrogens is 382 g/mol. The maximum absolute atomic E-state index is 12.7. The number of hydrogen-bond acceptors (Lipinski definition) is 7. The molecule has 1 amide bonds.